The van der Waals surface area contributed by atoms with Crippen LogP contribution in [0.5, 0.6) is 0 Å². The van der Waals surface area contributed by atoms with Crippen LogP contribution < -0.4 is 5.56 Å². The van der Waals surface area contributed by atoms with E-state index < -0.39 is 5.97 Å². The summed E-state index contributed by atoms with van der Waals surface area (Å²) in [6.45, 7) is 4.10. The van der Waals surface area contributed by atoms with Crippen molar-refractivity contribution in [1.82, 2.24) is 9.55 Å². The molecule has 23 heavy (non-hydrogen) atoms. The van der Waals surface area contributed by atoms with Gasteiger partial charge in [0, 0.05) is 17.2 Å². The Labute approximate surface area is 142 Å². The molecular formula is C16H18N2O3S2. The first kappa shape index (κ1) is 16.3. The van der Waals surface area contributed by atoms with Crippen molar-refractivity contribution in [2.45, 2.75) is 43.8 Å². The van der Waals surface area contributed by atoms with E-state index in [9.17, 15) is 9.59 Å². The van der Waals surface area contributed by atoms with Crippen molar-refractivity contribution in [3.8, 4) is 0 Å². The lowest BCUT2D eigenvalue weighted by molar-refractivity contribution is -0.136. The lowest BCUT2D eigenvalue weighted by Crippen LogP contribution is -2.23. The molecule has 0 bridgehead atoms. The van der Waals surface area contributed by atoms with Gasteiger partial charge >= 0.3 is 5.97 Å². The summed E-state index contributed by atoms with van der Waals surface area (Å²) in [7, 11) is 0. The topological polar surface area (TPSA) is 72.2 Å². The van der Waals surface area contributed by atoms with Crippen LogP contribution in [0.15, 0.2) is 22.6 Å². The summed E-state index contributed by atoms with van der Waals surface area (Å²) in [4.78, 5) is 30.4. The van der Waals surface area contributed by atoms with E-state index in [1.54, 1.807) is 22.0 Å². The first-order valence-corrected chi connectivity index (χ1v) is 9.42. The van der Waals surface area contributed by atoms with Crippen LogP contribution in [0.1, 0.15) is 29.7 Å². The number of nitrogens with zero attached hydrogens (tertiary/aromatic N) is 2. The number of allylic oxidation sites excluding steroid dienone is 1. The maximum absolute atomic E-state index is 12.9. The molecule has 2 heterocycles. The number of aliphatic carboxylic acids is 1. The second-order valence-electron chi connectivity index (χ2n) is 5.48. The monoisotopic (exact) mass is 350 g/mol. The molecule has 0 aromatic carbocycles. The molecule has 0 atom stereocenters. The van der Waals surface area contributed by atoms with Crippen LogP contribution in [0.3, 0.4) is 0 Å². The molecule has 0 saturated carbocycles. The quantitative estimate of drug-likeness (QED) is 0.492. The summed E-state index contributed by atoms with van der Waals surface area (Å²) in [5, 5.41) is 10.1. The highest BCUT2D eigenvalue weighted by atomic mass is 32.2. The molecule has 7 heteroatoms. The van der Waals surface area contributed by atoms with Crippen LogP contribution in [-0.2, 0) is 24.2 Å². The normalized spacial score (nSPS) is 13.9. The average Bonchev–Trinajstić information content (AvgIpc) is 2.89. The molecule has 0 amide bonds. The standard InChI is InChI=1S/C16H18N2O3S2/c1-2-8-18-15(21)13-10-5-3-4-6-11(10)23-14(13)17-16(18)22-9-7-12(19)20/h2H,1,3-9H2,(H,19,20). The van der Waals surface area contributed by atoms with Gasteiger partial charge in [0.1, 0.15) is 4.83 Å². The third-order valence-electron chi connectivity index (χ3n) is 3.90. The molecule has 1 N–H and O–H groups in total. The Balaban J connectivity index is 2.08. The summed E-state index contributed by atoms with van der Waals surface area (Å²) in [5.74, 6) is -0.446. The zero-order valence-electron chi connectivity index (χ0n) is 12.7. The predicted octanol–water partition coefficient (Wildman–Crippen LogP) is 3.09. The van der Waals surface area contributed by atoms with Crippen LogP contribution in [0.25, 0.3) is 10.2 Å². The van der Waals surface area contributed by atoms with Crippen molar-refractivity contribution < 1.29 is 9.90 Å². The Morgan fingerprint density at radius 3 is 2.96 bits per heavy atom. The molecular weight excluding hydrogens is 332 g/mol. The van der Waals surface area contributed by atoms with Crippen molar-refractivity contribution in [1.29, 1.82) is 0 Å². The molecule has 2 aromatic rings. The van der Waals surface area contributed by atoms with Gasteiger partial charge in [-0.3, -0.25) is 14.2 Å². The summed E-state index contributed by atoms with van der Waals surface area (Å²) in [6.07, 6.45) is 5.99. The Kier molecular flexibility index (Phi) is 4.87. The smallest absolute Gasteiger partial charge is 0.304 e. The minimum absolute atomic E-state index is 0.0212. The van der Waals surface area contributed by atoms with Crippen LogP contribution >= 0.6 is 23.1 Å². The van der Waals surface area contributed by atoms with E-state index in [1.807, 2.05) is 0 Å². The molecule has 0 saturated heterocycles. The van der Waals surface area contributed by atoms with Gasteiger partial charge in [-0.15, -0.1) is 17.9 Å². The number of carbonyl (C=O) groups is 1. The van der Waals surface area contributed by atoms with Gasteiger partial charge < -0.3 is 5.11 Å². The van der Waals surface area contributed by atoms with E-state index >= 15 is 0 Å². The lowest BCUT2D eigenvalue weighted by atomic mass is 9.97. The molecule has 0 radical (unpaired) electrons. The van der Waals surface area contributed by atoms with Gasteiger partial charge in [0.2, 0.25) is 0 Å². The molecule has 5 nitrogen and oxygen atoms in total. The van der Waals surface area contributed by atoms with Gasteiger partial charge in [0.05, 0.1) is 11.8 Å². The highest BCUT2D eigenvalue weighted by molar-refractivity contribution is 7.99. The zero-order chi connectivity index (χ0) is 16.4. The fourth-order valence-electron chi connectivity index (χ4n) is 2.85. The Morgan fingerprint density at radius 2 is 2.22 bits per heavy atom. The van der Waals surface area contributed by atoms with Gasteiger partial charge in [-0.05, 0) is 31.2 Å². The third kappa shape index (κ3) is 3.21. The minimum Gasteiger partial charge on any atom is -0.481 e. The number of aryl methyl sites for hydroxylation is 2. The van der Waals surface area contributed by atoms with Gasteiger partial charge in [-0.2, -0.15) is 0 Å². The molecule has 3 rings (SSSR count). The molecule has 0 fully saturated rings. The van der Waals surface area contributed by atoms with E-state index in [2.05, 4.69) is 11.6 Å². The number of aromatic nitrogens is 2. The summed E-state index contributed by atoms with van der Waals surface area (Å²) in [5.41, 5.74) is 1.15. The predicted molar refractivity (Wildman–Crippen MR) is 93.7 cm³/mol. The van der Waals surface area contributed by atoms with E-state index in [-0.39, 0.29) is 12.0 Å². The van der Waals surface area contributed by atoms with Crippen LogP contribution in [-0.4, -0.2) is 26.4 Å². The minimum atomic E-state index is -0.845. The van der Waals surface area contributed by atoms with Gasteiger partial charge in [-0.25, -0.2) is 4.98 Å². The summed E-state index contributed by atoms with van der Waals surface area (Å²) in [6, 6.07) is 0. The second-order valence-corrected chi connectivity index (χ2v) is 7.63. The number of carboxylic acid groups (broad SMARTS) is 1. The molecule has 1 aliphatic carbocycles. The molecule has 0 unspecified atom stereocenters. The number of hydrogen-bond acceptors (Lipinski definition) is 5. The highest BCUT2D eigenvalue weighted by Crippen LogP contribution is 2.34. The highest BCUT2D eigenvalue weighted by Gasteiger charge is 2.21. The van der Waals surface area contributed by atoms with Crippen molar-refractivity contribution in [3.63, 3.8) is 0 Å². The second kappa shape index (κ2) is 6.88. The van der Waals surface area contributed by atoms with E-state index in [0.717, 1.165) is 29.5 Å². The lowest BCUT2D eigenvalue weighted by Gasteiger charge is -2.12. The summed E-state index contributed by atoms with van der Waals surface area (Å²) < 4.78 is 1.61. The Morgan fingerprint density at radius 1 is 1.43 bits per heavy atom. The van der Waals surface area contributed by atoms with E-state index in [0.29, 0.717) is 17.5 Å². The number of carboxylic acids is 1. The van der Waals surface area contributed by atoms with Gasteiger partial charge in [-0.1, -0.05) is 17.8 Å². The first-order valence-electron chi connectivity index (χ1n) is 7.62. The average molecular weight is 350 g/mol. The van der Waals surface area contributed by atoms with E-state index in [4.69, 9.17) is 5.11 Å². The van der Waals surface area contributed by atoms with Crippen LogP contribution in [0.4, 0.5) is 0 Å². The van der Waals surface area contributed by atoms with Gasteiger partial charge in [0.15, 0.2) is 5.16 Å². The molecule has 2 aromatic heterocycles. The maximum atomic E-state index is 12.9. The molecule has 1 aliphatic rings. The third-order valence-corrected chi connectivity index (χ3v) is 6.06. The van der Waals surface area contributed by atoms with Crippen molar-refractivity contribution in [2.24, 2.45) is 0 Å². The van der Waals surface area contributed by atoms with Crippen molar-refractivity contribution in [2.75, 3.05) is 5.75 Å². The number of hydrogen-bond donors (Lipinski definition) is 1. The fraction of sp³-hybridized carbons (Fsp3) is 0.438. The maximum Gasteiger partial charge on any atom is 0.304 e. The zero-order valence-corrected chi connectivity index (χ0v) is 14.3. The molecule has 122 valence electrons. The Hall–Kier alpha value is -1.60. The van der Waals surface area contributed by atoms with Crippen molar-refractivity contribution in [3.05, 3.63) is 33.4 Å². The Bertz CT molecular complexity index is 823. The summed E-state index contributed by atoms with van der Waals surface area (Å²) >= 11 is 2.93. The number of fused-ring (bicyclic) bond motifs is 3. The first-order chi connectivity index (χ1) is 11.1. The SMILES string of the molecule is C=CCn1c(SCCC(=O)O)nc2sc3c(c2c1=O)CCCC3. The van der Waals surface area contributed by atoms with E-state index in [1.165, 1.54) is 28.6 Å². The van der Waals surface area contributed by atoms with Crippen LogP contribution in [0, 0.1) is 0 Å². The van der Waals surface area contributed by atoms with Gasteiger partial charge in [0.25, 0.3) is 5.56 Å². The largest absolute Gasteiger partial charge is 0.481 e. The van der Waals surface area contributed by atoms with Crippen LogP contribution in [0.2, 0.25) is 0 Å². The number of thiophene rings is 1. The molecule has 0 spiro atoms. The number of thioether (sulfide) groups is 1. The number of rotatable bonds is 6. The van der Waals surface area contributed by atoms with Crippen molar-refractivity contribution >= 4 is 39.3 Å². The fourth-order valence-corrected chi connectivity index (χ4v) is 5.09. The molecule has 0 aliphatic heterocycles.